The van der Waals surface area contributed by atoms with Crippen LogP contribution in [0.5, 0.6) is 0 Å². The summed E-state index contributed by atoms with van der Waals surface area (Å²) in [6, 6.07) is 0. The van der Waals surface area contributed by atoms with Crippen molar-refractivity contribution in [1.29, 1.82) is 0 Å². The van der Waals surface area contributed by atoms with Crippen LogP contribution >= 0.6 is 0 Å². The molecule has 0 spiro atoms. The molecule has 0 radical (unpaired) electrons. The van der Waals surface area contributed by atoms with Crippen LogP contribution in [0.2, 0.25) is 0 Å². The Hall–Kier alpha value is -0.560. The van der Waals surface area contributed by atoms with Crippen molar-refractivity contribution in [2.24, 2.45) is 28.6 Å². The zero-order chi connectivity index (χ0) is 18.9. The second kappa shape index (κ2) is 7.82. The van der Waals surface area contributed by atoms with Gasteiger partial charge < -0.3 is 5.11 Å². The number of hydrogen-bond acceptors (Lipinski definition) is 1. The number of allylic oxidation sites excluding steroid dienone is 4. The Kier molecular flexibility index (Phi) is 6.07. The van der Waals surface area contributed by atoms with E-state index >= 15 is 0 Å². The molecule has 0 aromatic rings. The summed E-state index contributed by atoms with van der Waals surface area (Å²) in [5.74, 6) is 1.94. The molecular weight excluding hydrogens is 316 g/mol. The lowest BCUT2D eigenvalue weighted by atomic mass is 9.49. The lowest BCUT2D eigenvalue weighted by molar-refractivity contribution is -0.133. The first kappa shape index (κ1) is 20.2. The van der Waals surface area contributed by atoms with Crippen molar-refractivity contribution in [3.05, 3.63) is 23.3 Å². The van der Waals surface area contributed by atoms with Crippen LogP contribution in [0.1, 0.15) is 98.8 Å². The van der Waals surface area contributed by atoms with Crippen molar-refractivity contribution in [1.82, 2.24) is 0 Å². The Morgan fingerprint density at radius 3 is 2.27 bits per heavy atom. The molecule has 5 atom stereocenters. The van der Waals surface area contributed by atoms with Gasteiger partial charge in [0.2, 0.25) is 0 Å². The maximum atomic E-state index is 11.4. The summed E-state index contributed by atoms with van der Waals surface area (Å²) in [7, 11) is 0. The minimum absolute atomic E-state index is 0.0878. The normalized spacial score (nSPS) is 45.6. The van der Waals surface area contributed by atoms with E-state index in [2.05, 4.69) is 46.8 Å². The van der Waals surface area contributed by atoms with E-state index in [0.29, 0.717) is 17.3 Å². The molecule has 3 rings (SSSR count). The first-order valence-electron chi connectivity index (χ1n) is 11.2. The Bertz CT molecular complexity index is 555. The van der Waals surface area contributed by atoms with Gasteiger partial charge in [-0.3, -0.25) is 0 Å². The van der Waals surface area contributed by atoms with Crippen molar-refractivity contribution in [2.45, 2.75) is 105 Å². The van der Waals surface area contributed by atoms with Crippen LogP contribution in [0.15, 0.2) is 23.3 Å². The molecule has 26 heavy (non-hydrogen) atoms. The van der Waals surface area contributed by atoms with Gasteiger partial charge in [-0.1, -0.05) is 44.1 Å². The molecule has 0 aliphatic heterocycles. The first-order valence-corrected chi connectivity index (χ1v) is 11.2. The molecule has 0 unspecified atom stereocenters. The summed E-state index contributed by atoms with van der Waals surface area (Å²) < 4.78 is 0. The molecule has 3 aliphatic carbocycles. The first-order chi connectivity index (χ1) is 12.2. The number of aliphatic hydroxyl groups excluding tert-OH is 1. The fourth-order valence-corrected chi connectivity index (χ4v) is 6.36. The predicted octanol–water partition coefficient (Wildman–Crippen LogP) is 7.06. The standard InChI is InChI=1S/C25H42O/c1-18-8-6-9-19(2)11-12-21-22-20(13-16-24(3,4)23(22)26)14-17-25(21,5)15-7-10-18/h9-10,20-23,26H,6-8,11-17H2,1-5H3/b18-10+,19-9+/t20-,21-,22+,23+,25-/m1/s1. The molecule has 0 saturated heterocycles. The molecule has 148 valence electrons. The third-order valence-electron chi connectivity index (χ3n) is 8.40. The topological polar surface area (TPSA) is 20.2 Å². The minimum atomic E-state index is -0.125. The maximum absolute atomic E-state index is 11.4. The van der Waals surface area contributed by atoms with E-state index in [9.17, 15) is 5.11 Å². The Morgan fingerprint density at radius 2 is 1.50 bits per heavy atom. The Labute approximate surface area is 162 Å². The number of fused-ring (bicyclic) bond motifs is 3. The molecule has 0 amide bonds. The molecule has 0 aromatic heterocycles. The van der Waals surface area contributed by atoms with E-state index in [1.54, 1.807) is 11.1 Å². The van der Waals surface area contributed by atoms with Gasteiger partial charge in [0.15, 0.2) is 0 Å². The smallest absolute Gasteiger partial charge is 0.0624 e. The van der Waals surface area contributed by atoms with Crippen LogP contribution in [0, 0.1) is 28.6 Å². The van der Waals surface area contributed by atoms with Crippen LogP contribution in [0.4, 0.5) is 0 Å². The number of aliphatic hydroxyl groups is 1. The van der Waals surface area contributed by atoms with Gasteiger partial charge >= 0.3 is 0 Å². The summed E-state index contributed by atoms with van der Waals surface area (Å²) in [5.41, 5.74) is 3.60. The molecule has 1 heteroatoms. The quantitative estimate of drug-likeness (QED) is 0.459. The predicted molar refractivity (Wildman–Crippen MR) is 112 cm³/mol. The number of rotatable bonds is 0. The van der Waals surface area contributed by atoms with E-state index < -0.39 is 0 Å². The molecule has 0 heterocycles. The highest BCUT2D eigenvalue weighted by atomic mass is 16.3. The number of hydrogen-bond donors (Lipinski definition) is 1. The van der Waals surface area contributed by atoms with Crippen LogP contribution in [-0.4, -0.2) is 11.2 Å². The van der Waals surface area contributed by atoms with Crippen molar-refractivity contribution < 1.29 is 5.11 Å². The monoisotopic (exact) mass is 358 g/mol. The van der Waals surface area contributed by atoms with Crippen LogP contribution in [0.3, 0.4) is 0 Å². The van der Waals surface area contributed by atoms with Gasteiger partial charge in [0.05, 0.1) is 6.10 Å². The SMILES string of the molecule is C/C1=C\CC[C@]2(C)CC[C@H]3CCC(C)(C)[C@@H](O)[C@@H]3[C@H]2CC/C(C)=C/CC1. The molecular formula is C25H42O. The molecule has 2 fully saturated rings. The zero-order valence-corrected chi connectivity index (χ0v) is 18.0. The molecule has 3 aliphatic rings. The highest BCUT2D eigenvalue weighted by Gasteiger charge is 2.53. The van der Waals surface area contributed by atoms with E-state index in [4.69, 9.17) is 0 Å². The highest BCUT2D eigenvalue weighted by molar-refractivity contribution is 5.08. The van der Waals surface area contributed by atoms with Gasteiger partial charge in [0.25, 0.3) is 0 Å². The van der Waals surface area contributed by atoms with E-state index in [0.717, 1.165) is 5.92 Å². The zero-order valence-electron chi connectivity index (χ0n) is 18.0. The molecule has 1 N–H and O–H groups in total. The summed E-state index contributed by atoms with van der Waals surface area (Å²) in [6.45, 7) is 11.8. The van der Waals surface area contributed by atoms with Gasteiger partial charge in [-0.15, -0.1) is 0 Å². The second-order valence-corrected chi connectivity index (χ2v) is 10.8. The Morgan fingerprint density at radius 1 is 0.846 bits per heavy atom. The molecule has 0 aromatic carbocycles. The van der Waals surface area contributed by atoms with E-state index in [-0.39, 0.29) is 11.5 Å². The molecule has 1 nitrogen and oxygen atoms in total. The lowest BCUT2D eigenvalue weighted by Crippen LogP contribution is -2.53. The minimum Gasteiger partial charge on any atom is -0.392 e. The van der Waals surface area contributed by atoms with Crippen molar-refractivity contribution >= 4 is 0 Å². The highest BCUT2D eigenvalue weighted by Crippen LogP contribution is 2.58. The summed E-state index contributed by atoms with van der Waals surface area (Å²) in [4.78, 5) is 0. The van der Waals surface area contributed by atoms with Crippen LogP contribution < -0.4 is 0 Å². The Balaban J connectivity index is 1.90. The molecule has 0 bridgehead atoms. The second-order valence-electron chi connectivity index (χ2n) is 10.8. The van der Waals surface area contributed by atoms with E-state index in [1.165, 1.54) is 64.2 Å². The summed E-state index contributed by atoms with van der Waals surface area (Å²) >= 11 is 0. The van der Waals surface area contributed by atoms with Crippen molar-refractivity contribution in [2.75, 3.05) is 0 Å². The third kappa shape index (κ3) is 4.13. The lowest BCUT2D eigenvalue weighted by Gasteiger charge is -2.57. The van der Waals surface area contributed by atoms with Crippen molar-refractivity contribution in [3.63, 3.8) is 0 Å². The van der Waals surface area contributed by atoms with Gasteiger partial charge in [-0.25, -0.2) is 0 Å². The summed E-state index contributed by atoms with van der Waals surface area (Å²) in [5, 5.41) is 11.4. The van der Waals surface area contributed by atoms with E-state index in [1.807, 2.05) is 0 Å². The van der Waals surface area contributed by atoms with Gasteiger partial charge in [-0.2, -0.15) is 0 Å². The van der Waals surface area contributed by atoms with Gasteiger partial charge in [-0.05, 0) is 107 Å². The van der Waals surface area contributed by atoms with Gasteiger partial charge in [0, 0.05) is 0 Å². The maximum Gasteiger partial charge on any atom is 0.0624 e. The van der Waals surface area contributed by atoms with Crippen molar-refractivity contribution in [3.8, 4) is 0 Å². The fourth-order valence-electron chi connectivity index (χ4n) is 6.36. The average Bonchev–Trinajstić information content (AvgIpc) is 2.57. The van der Waals surface area contributed by atoms with Crippen LogP contribution in [-0.2, 0) is 0 Å². The molecule has 2 saturated carbocycles. The average molecular weight is 359 g/mol. The van der Waals surface area contributed by atoms with Gasteiger partial charge in [0.1, 0.15) is 0 Å². The van der Waals surface area contributed by atoms with Crippen LogP contribution in [0.25, 0.3) is 0 Å². The fraction of sp³-hybridized carbons (Fsp3) is 0.840. The third-order valence-corrected chi connectivity index (χ3v) is 8.40. The largest absolute Gasteiger partial charge is 0.392 e. The summed E-state index contributed by atoms with van der Waals surface area (Å²) in [6.07, 6.45) is 17.5.